The average Bonchev–Trinajstić information content (AvgIpc) is 2.52. The lowest BCUT2D eigenvalue weighted by Crippen LogP contribution is -2.52. The highest BCUT2D eigenvalue weighted by Crippen LogP contribution is 2.17. The number of rotatable bonds is 5. The van der Waals surface area contributed by atoms with Crippen LogP contribution in [0.2, 0.25) is 0 Å². The van der Waals surface area contributed by atoms with Crippen molar-refractivity contribution in [2.45, 2.75) is 26.3 Å². The van der Waals surface area contributed by atoms with Crippen molar-refractivity contribution in [3.63, 3.8) is 0 Å². The topological polar surface area (TPSA) is 53.0 Å². The van der Waals surface area contributed by atoms with E-state index in [4.69, 9.17) is 4.74 Å². The molecular weight excluding hydrogens is 268 g/mol. The van der Waals surface area contributed by atoms with E-state index in [-0.39, 0.29) is 18.3 Å². The molecule has 0 radical (unpaired) electrons. The first-order chi connectivity index (χ1) is 10.1. The number of hydrogen-bond donors (Lipinski definition) is 1. The van der Waals surface area contributed by atoms with Gasteiger partial charge >= 0.3 is 0 Å². The second-order valence-electron chi connectivity index (χ2n) is 5.46. The van der Waals surface area contributed by atoms with Crippen LogP contribution in [0.5, 0.6) is 11.5 Å². The van der Waals surface area contributed by atoms with E-state index in [0.717, 1.165) is 32.6 Å². The summed E-state index contributed by atoms with van der Waals surface area (Å²) in [5.41, 5.74) is 0. The third kappa shape index (κ3) is 4.36. The zero-order chi connectivity index (χ0) is 15.2. The fourth-order valence-corrected chi connectivity index (χ4v) is 2.48. The van der Waals surface area contributed by atoms with Crippen LogP contribution in [0.25, 0.3) is 0 Å². The highest BCUT2D eigenvalue weighted by molar-refractivity contribution is 5.77. The van der Waals surface area contributed by atoms with Crippen molar-refractivity contribution in [2.24, 2.45) is 0 Å². The summed E-state index contributed by atoms with van der Waals surface area (Å²) in [4.78, 5) is 16.4. The molecule has 1 atom stereocenters. The van der Waals surface area contributed by atoms with E-state index < -0.39 is 0 Å². The fourth-order valence-electron chi connectivity index (χ4n) is 2.48. The molecule has 1 saturated heterocycles. The Hall–Kier alpha value is -1.75. The Morgan fingerprint density at radius 3 is 2.67 bits per heavy atom. The number of phenolic OH excluding ortho intramolecular Hbond substituents is 1. The molecule has 1 unspecified atom stereocenters. The molecule has 1 fully saturated rings. The molecule has 1 heterocycles. The van der Waals surface area contributed by atoms with Gasteiger partial charge in [0, 0.05) is 38.3 Å². The lowest BCUT2D eigenvalue weighted by Gasteiger charge is -2.37. The van der Waals surface area contributed by atoms with E-state index in [2.05, 4.69) is 18.7 Å². The van der Waals surface area contributed by atoms with Crippen LogP contribution in [0.1, 0.15) is 20.3 Å². The summed E-state index contributed by atoms with van der Waals surface area (Å²) >= 11 is 0. The zero-order valence-corrected chi connectivity index (χ0v) is 12.8. The number of phenols is 1. The van der Waals surface area contributed by atoms with Gasteiger partial charge in [0.25, 0.3) is 5.91 Å². The number of carbonyl (C=O) groups is 1. The second-order valence-corrected chi connectivity index (χ2v) is 5.46. The van der Waals surface area contributed by atoms with Crippen molar-refractivity contribution in [3.8, 4) is 11.5 Å². The van der Waals surface area contributed by atoms with Gasteiger partial charge in [-0.2, -0.15) is 0 Å². The predicted octanol–water partition coefficient (Wildman–Crippen LogP) is 1.71. The summed E-state index contributed by atoms with van der Waals surface area (Å²) in [7, 11) is 0. The molecule has 1 aliphatic heterocycles. The van der Waals surface area contributed by atoms with Crippen molar-refractivity contribution in [1.82, 2.24) is 9.80 Å². The van der Waals surface area contributed by atoms with Gasteiger partial charge in [-0.05, 0) is 25.5 Å². The molecule has 1 aromatic carbocycles. The average molecular weight is 292 g/mol. The van der Waals surface area contributed by atoms with Crippen LogP contribution in [0.15, 0.2) is 24.3 Å². The molecule has 2 rings (SSSR count). The van der Waals surface area contributed by atoms with Gasteiger partial charge in [-0.3, -0.25) is 9.69 Å². The maximum atomic E-state index is 12.1. The van der Waals surface area contributed by atoms with Crippen molar-refractivity contribution in [1.29, 1.82) is 0 Å². The summed E-state index contributed by atoms with van der Waals surface area (Å²) in [6.45, 7) is 7.79. The predicted molar refractivity (Wildman–Crippen MR) is 81.5 cm³/mol. The van der Waals surface area contributed by atoms with Gasteiger partial charge in [-0.1, -0.05) is 13.0 Å². The first kappa shape index (κ1) is 15.6. The van der Waals surface area contributed by atoms with Gasteiger partial charge in [0.05, 0.1) is 0 Å². The largest absolute Gasteiger partial charge is 0.508 e. The van der Waals surface area contributed by atoms with E-state index in [0.29, 0.717) is 11.8 Å². The van der Waals surface area contributed by atoms with Crippen LogP contribution >= 0.6 is 0 Å². The standard InChI is InChI=1S/C16H24N2O3/c1-3-13(2)17-7-9-18(10-8-17)16(20)12-21-15-6-4-5-14(19)11-15/h4-6,11,13,19H,3,7-10,12H2,1-2H3. The summed E-state index contributed by atoms with van der Waals surface area (Å²) < 4.78 is 5.43. The van der Waals surface area contributed by atoms with Crippen LogP contribution in [0.4, 0.5) is 0 Å². The van der Waals surface area contributed by atoms with E-state index >= 15 is 0 Å². The minimum absolute atomic E-state index is 0.00199. The van der Waals surface area contributed by atoms with Crippen LogP contribution in [-0.2, 0) is 4.79 Å². The number of carbonyl (C=O) groups excluding carboxylic acids is 1. The van der Waals surface area contributed by atoms with Gasteiger partial charge in [0.1, 0.15) is 11.5 Å². The fraction of sp³-hybridized carbons (Fsp3) is 0.562. The molecule has 1 aromatic rings. The number of piperazine rings is 1. The van der Waals surface area contributed by atoms with Crippen LogP contribution in [0.3, 0.4) is 0 Å². The summed E-state index contributed by atoms with van der Waals surface area (Å²) in [6, 6.07) is 7.08. The Labute approximate surface area is 126 Å². The Morgan fingerprint density at radius 2 is 2.05 bits per heavy atom. The molecule has 0 aliphatic carbocycles. The molecule has 0 spiro atoms. The van der Waals surface area contributed by atoms with Gasteiger partial charge in [-0.25, -0.2) is 0 Å². The quantitative estimate of drug-likeness (QED) is 0.898. The van der Waals surface area contributed by atoms with Crippen molar-refractivity contribution >= 4 is 5.91 Å². The third-order valence-corrected chi connectivity index (χ3v) is 4.06. The van der Waals surface area contributed by atoms with Crippen molar-refractivity contribution in [3.05, 3.63) is 24.3 Å². The molecule has 1 N–H and O–H groups in total. The first-order valence-electron chi connectivity index (χ1n) is 7.53. The van der Waals surface area contributed by atoms with E-state index in [1.165, 1.54) is 6.07 Å². The molecule has 116 valence electrons. The number of aromatic hydroxyl groups is 1. The maximum absolute atomic E-state index is 12.1. The van der Waals surface area contributed by atoms with E-state index in [1.54, 1.807) is 18.2 Å². The Bertz CT molecular complexity index is 470. The molecule has 21 heavy (non-hydrogen) atoms. The Kier molecular flexibility index (Phi) is 5.44. The van der Waals surface area contributed by atoms with Crippen LogP contribution in [-0.4, -0.2) is 59.6 Å². The van der Waals surface area contributed by atoms with Crippen LogP contribution < -0.4 is 4.74 Å². The van der Waals surface area contributed by atoms with Gasteiger partial charge in [0.2, 0.25) is 0 Å². The second kappa shape index (κ2) is 7.31. The minimum Gasteiger partial charge on any atom is -0.508 e. The van der Waals surface area contributed by atoms with Crippen molar-refractivity contribution in [2.75, 3.05) is 32.8 Å². The molecule has 5 heteroatoms. The summed E-state index contributed by atoms with van der Waals surface area (Å²) in [6.07, 6.45) is 1.13. The zero-order valence-electron chi connectivity index (χ0n) is 12.8. The van der Waals surface area contributed by atoms with Crippen molar-refractivity contribution < 1.29 is 14.6 Å². The van der Waals surface area contributed by atoms with E-state index in [1.807, 2.05) is 4.90 Å². The molecule has 1 amide bonds. The first-order valence-corrected chi connectivity index (χ1v) is 7.53. The normalized spacial score (nSPS) is 17.5. The molecular formula is C16H24N2O3. The highest BCUT2D eigenvalue weighted by Gasteiger charge is 2.23. The molecule has 0 saturated carbocycles. The Morgan fingerprint density at radius 1 is 1.33 bits per heavy atom. The number of benzene rings is 1. The number of ether oxygens (including phenoxy) is 1. The van der Waals surface area contributed by atoms with Gasteiger partial charge in [0.15, 0.2) is 6.61 Å². The number of amides is 1. The maximum Gasteiger partial charge on any atom is 0.260 e. The SMILES string of the molecule is CCC(C)N1CCN(C(=O)COc2cccc(O)c2)CC1. The highest BCUT2D eigenvalue weighted by atomic mass is 16.5. The smallest absolute Gasteiger partial charge is 0.260 e. The minimum atomic E-state index is 0.00199. The van der Waals surface area contributed by atoms with Crippen LogP contribution in [0, 0.1) is 0 Å². The van der Waals surface area contributed by atoms with Gasteiger partial charge in [-0.15, -0.1) is 0 Å². The lowest BCUT2D eigenvalue weighted by molar-refractivity contribution is -0.135. The molecule has 0 aromatic heterocycles. The summed E-state index contributed by atoms with van der Waals surface area (Å²) in [5, 5.41) is 9.35. The lowest BCUT2D eigenvalue weighted by atomic mass is 10.2. The monoisotopic (exact) mass is 292 g/mol. The van der Waals surface area contributed by atoms with Gasteiger partial charge < -0.3 is 14.7 Å². The molecule has 1 aliphatic rings. The number of nitrogens with zero attached hydrogens (tertiary/aromatic N) is 2. The third-order valence-electron chi connectivity index (χ3n) is 4.06. The number of hydrogen-bond acceptors (Lipinski definition) is 4. The Balaban J connectivity index is 1.77. The summed E-state index contributed by atoms with van der Waals surface area (Å²) in [5.74, 6) is 0.658. The van der Waals surface area contributed by atoms with E-state index in [9.17, 15) is 9.90 Å². The molecule has 5 nitrogen and oxygen atoms in total. The molecule has 0 bridgehead atoms.